The van der Waals surface area contributed by atoms with Crippen LogP contribution in [-0.4, -0.2) is 98.7 Å². The van der Waals surface area contributed by atoms with Crippen molar-refractivity contribution >= 4 is 5.91 Å². The molecule has 1 aliphatic heterocycles. The summed E-state index contributed by atoms with van der Waals surface area (Å²) in [6.07, 6.45) is 25.5. The van der Waals surface area contributed by atoms with E-state index in [0.717, 1.165) is 50.9 Å². The van der Waals surface area contributed by atoms with Gasteiger partial charge in [-0.25, -0.2) is 0 Å². The van der Waals surface area contributed by atoms with E-state index < -0.39 is 55.6 Å². The van der Waals surface area contributed by atoms with Crippen molar-refractivity contribution in [3.05, 3.63) is 0 Å². The number of carbonyl (C=O) groups is 1. The van der Waals surface area contributed by atoms with Crippen molar-refractivity contribution in [1.82, 2.24) is 5.32 Å². The van der Waals surface area contributed by atoms with Gasteiger partial charge in [-0.05, 0) is 18.8 Å². The summed E-state index contributed by atoms with van der Waals surface area (Å²) >= 11 is 0. The van der Waals surface area contributed by atoms with Crippen molar-refractivity contribution in [2.45, 2.75) is 262 Å². The zero-order valence-corrected chi connectivity index (χ0v) is 35.7. The fraction of sp³-hybridized carbons (Fsp3) is 0.978. The van der Waals surface area contributed by atoms with Crippen LogP contribution in [0.1, 0.15) is 213 Å². The Kier molecular flexibility index (Phi) is 33.3. The second kappa shape index (κ2) is 35.1. The van der Waals surface area contributed by atoms with Crippen molar-refractivity contribution in [3.8, 4) is 0 Å². The summed E-state index contributed by atoms with van der Waals surface area (Å²) in [5, 5.41) is 65.1. The molecule has 1 rings (SSSR count). The molecule has 55 heavy (non-hydrogen) atoms. The predicted molar refractivity (Wildman–Crippen MR) is 223 cm³/mol. The lowest BCUT2D eigenvalue weighted by Gasteiger charge is -2.40. The fourth-order valence-corrected chi connectivity index (χ4v) is 7.68. The molecule has 0 aliphatic carbocycles. The Hall–Kier alpha value is -0.850. The van der Waals surface area contributed by atoms with Gasteiger partial charge in [0.1, 0.15) is 30.5 Å². The van der Waals surface area contributed by atoms with Gasteiger partial charge in [-0.1, -0.05) is 194 Å². The highest BCUT2D eigenvalue weighted by molar-refractivity contribution is 5.76. The first-order valence-corrected chi connectivity index (χ1v) is 23.2. The first-order chi connectivity index (χ1) is 26.6. The minimum absolute atomic E-state index is 0.256. The first kappa shape index (κ1) is 52.2. The highest BCUT2D eigenvalue weighted by Crippen LogP contribution is 2.23. The number of hydrogen-bond acceptors (Lipinski definition) is 9. The van der Waals surface area contributed by atoms with Crippen LogP contribution in [0.4, 0.5) is 0 Å². The number of aliphatic hydroxyl groups is 6. The molecule has 0 aromatic rings. The van der Waals surface area contributed by atoms with Crippen LogP contribution in [0.25, 0.3) is 0 Å². The standard InChI is InChI=1S/C45H89NO9/c1-4-5-6-7-8-9-10-11-12-13-14-15-16-17-18-19-24-27-30-33-40(49)46-37(35-54-45-44(53)43(52)42(51)39(34-47)55-45)41(50)38(48)32-29-26-23-21-20-22-25-28-31-36(2)3/h36-39,41-45,47-48,50-53H,4-35H2,1-3H3,(H,46,49)/t37-,38+,39+,41-,42+,43-,44+,45+/m0/s1. The Morgan fingerprint density at radius 3 is 1.45 bits per heavy atom. The molecular formula is C45H89NO9. The minimum Gasteiger partial charge on any atom is -0.394 e. The number of ether oxygens (including phenoxy) is 2. The molecule has 7 N–H and O–H groups in total. The maximum atomic E-state index is 13.0. The van der Waals surface area contributed by atoms with E-state index in [1.807, 2.05) is 0 Å². The van der Waals surface area contributed by atoms with E-state index in [4.69, 9.17) is 9.47 Å². The molecule has 0 spiro atoms. The molecule has 1 amide bonds. The lowest BCUT2D eigenvalue weighted by atomic mass is 9.98. The predicted octanol–water partition coefficient (Wildman–Crippen LogP) is 8.39. The topological polar surface area (TPSA) is 169 Å². The molecule has 0 aromatic heterocycles. The normalized spacial score (nSPS) is 21.9. The molecule has 8 atom stereocenters. The smallest absolute Gasteiger partial charge is 0.220 e. The van der Waals surface area contributed by atoms with E-state index in [9.17, 15) is 35.4 Å². The molecule has 10 nitrogen and oxygen atoms in total. The number of amides is 1. The van der Waals surface area contributed by atoms with Gasteiger partial charge in [0.15, 0.2) is 6.29 Å². The minimum atomic E-state index is -1.60. The average molecular weight is 788 g/mol. The molecule has 0 saturated carbocycles. The molecule has 10 heteroatoms. The number of aliphatic hydroxyl groups excluding tert-OH is 6. The van der Waals surface area contributed by atoms with Gasteiger partial charge in [0, 0.05) is 6.42 Å². The second-order valence-electron chi connectivity index (χ2n) is 17.2. The Morgan fingerprint density at radius 1 is 0.600 bits per heavy atom. The highest BCUT2D eigenvalue weighted by Gasteiger charge is 2.44. The van der Waals surface area contributed by atoms with E-state index in [2.05, 4.69) is 26.1 Å². The van der Waals surface area contributed by atoms with Gasteiger partial charge in [0.05, 0.1) is 25.4 Å². The van der Waals surface area contributed by atoms with Crippen LogP contribution in [0.2, 0.25) is 0 Å². The molecule has 0 unspecified atom stereocenters. The number of carbonyl (C=O) groups excluding carboxylic acids is 1. The summed E-state index contributed by atoms with van der Waals surface area (Å²) in [7, 11) is 0. The van der Waals surface area contributed by atoms with Crippen LogP contribution in [0.15, 0.2) is 0 Å². The summed E-state index contributed by atoms with van der Waals surface area (Å²) in [6, 6.07) is -0.985. The first-order valence-electron chi connectivity index (χ1n) is 23.2. The van der Waals surface area contributed by atoms with E-state index in [1.165, 1.54) is 135 Å². The van der Waals surface area contributed by atoms with Gasteiger partial charge in [0.25, 0.3) is 0 Å². The van der Waals surface area contributed by atoms with Gasteiger partial charge >= 0.3 is 0 Å². The van der Waals surface area contributed by atoms with Gasteiger partial charge in [0.2, 0.25) is 5.91 Å². The van der Waals surface area contributed by atoms with Gasteiger partial charge in [-0.3, -0.25) is 4.79 Å². The highest BCUT2D eigenvalue weighted by atomic mass is 16.7. The lowest BCUT2D eigenvalue weighted by molar-refractivity contribution is -0.303. The van der Waals surface area contributed by atoms with E-state index >= 15 is 0 Å². The summed E-state index contributed by atoms with van der Waals surface area (Å²) in [5.74, 6) is 0.506. The number of rotatable bonds is 38. The summed E-state index contributed by atoms with van der Waals surface area (Å²) in [4.78, 5) is 13.0. The van der Waals surface area contributed by atoms with Crippen molar-refractivity contribution in [2.75, 3.05) is 13.2 Å². The molecule has 0 radical (unpaired) electrons. The molecule has 328 valence electrons. The average Bonchev–Trinajstić information content (AvgIpc) is 3.17. The molecule has 1 heterocycles. The van der Waals surface area contributed by atoms with E-state index in [-0.39, 0.29) is 18.9 Å². The van der Waals surface area contributed by atoms with Crippen molar-refractivity contribution in [1.29, 1.82) is 0 Å². The van der Waals surface area contributed by atoms with E-state index in [1.54, 1.807) is 0 Å². The third-order valence-corrected chi connectivity index (χ3v) is 11.5. The maximum Gasteiger partial charge on any atom is 0.220 e. The Balaban J connectivity index is 2.35. The van der Waals surface area contributed by atoms with Crippen LogP contribution in [-0.2, 0) is 14.3 Å². The third kappa shape index (κ3) is 26.7. The van der Waals surface area contributed by atoms with Crippen LogP contribution in [0, 0.1) is 5.92 Å². The zero-order chi connectivity index (χ0) is 40.5. The Morgan fingerprint density at radius 2 is 1.02 bits per heavy atom. The van der Waals surface area contributed by atoms with Gasteiger partial charge in [-0.2, -0.15) is 0 Å². The second-order valence-corrected chi connectivity index (χ2v) is 17.2. The van der Waals surface area contributed by atoms with Gasteiger partial charge in [-0.15, -0.1) is 0 Å². The largest absolute Gasteiger partial charge is 0.394 e. The molecule has 1 aliphatic rings. The fourth-order valence-electron chi connectivity index (χ4n) is 7.68. The Bertz CT molecular complexity index is 862. The SMILES string of the molecule is CCCCCCCCCCCCCCCCCCCCCC(=O)N[C@@H](CO[C@@H]1O[C@H](CO)[C@@H](O)[C@H](O)[C@H]1O)[C@H](O)[C@H](O)CCCCCCCCCCC(C)C. The molecule has 1 saturated heterocycles. The van der Waals surface area contributed by atoms with E-state index in [0.29, 0.717) is 6.42 Å². The van der Waals surface area contributed by atoms with Crippen molar-refractivity contribution in [3.63, 3.8) is 0 Å². The third-order valence-electron chi connectivity index (χ3n) is 11.5. The lowest BCUT2D eigenvalue weighted by Crippen LogP contribution is -2.60. The summed E-state index contributed by atoms with van der Waals surface area (Å²) < 4.78 is 11.1. The zero-order valence-electron chi connectivity index (χ0n) is 35.7. The summed E-state index contributed by atoms with van der Waals surface area (Å²) in [5.41, 5.74) is 0. The number of unbranched alkanes of at least 4 members (excludes halogenated alkanes) is 25. The number of hydrogen-bond donors (Lipinski definition) is 7. The quantitative estimate of drug-likeness (QED) is 0.0304. The van der Waals surface area contributed by atoms with Gasteiger partial charge < -0.3 is 45.4 Å². The molecule has 0 bridgehead atoms. The maximum absolute atomic E-state index is 13.0. The van der Waals surface area contributed by atoms with Crippen molar-refractivity contribution < 1.29 is 44.9 Å². The van der Waals surface area contributed by atoms with Crippen LogP contribution < -0.4 is 5.32 Å². The summed E-state index contributed by atoms with van der Waals surface area (Å²) in [6.45, 7) is 5.90. The van der Waals surface area contributed by atoms with Crippen LogP contribution >= 0.6 is 0 Å². The molecule has 1 fully saturated rings. The monoisotopic (exact) mass is 788 g/mol. The number of nitrogens with one attached hydrogen (secondary N) is 1. The molecular weight excluding hydrogens is 698 g/mol. The van der Waals surface area contributed by atoms with Crippen LogP contribution in [0.3, 0.4) is 0 Å². The van der Waals surface area contributed by atoms with Crippen LogP contribution in [0.5, 0.6) is 0 Å². The van der Waals surface area contributed by atoms with Crippen molar-refractivity contribution in [2.24, 2.45) is 5.92 Å². The molecule has 0 aromatic carbocycles. The Labute approximate surface area is 336 Å².